The Hall–Kier alpha value is -1.33. The zero-order valence-corrected chi connectivity index (χ0v) is 11.6. The van der Waals surface area contributed by atoms with Gasteiger partial charge in [0.1, 0.15) is 5.69 Å². The summed E-state index contributed by atoms with van der Waals surface area (Å²) in [7, 11) is 0. The number of amides is 1. The highest BCUT2D eigenvalue weighted by Gasteiger charge is 2.24. The van der Waals surface area contributed by atoms with E-state index in [4.69, 9.17) is 0 Å². The van der Waals surface area contributed by atoms with Gasteiger partial charge in [0.25, 0.3) is 5.91 Å². The fourth-order valence-electron chi connectivity index (χ4n) is 2.12. The van der Waals surface area contributed by atoms with Crippen LogP contribution in [-0.4, -0.2) is 43.1 Å². The molecule has 1 aromatic heterocycles. The first-order valence-electron chi connectivity index (χ1n) is 6.55. The number of carbonyl (C=O) groups is 1. The van der Waals surface area contributed by atoms with Crippen LogP contribution in [0.25, 0.3) is 0 Å². The van der Waals surface area contributed by atoms with Crippen LogP contribution in [0.2, 0.25) is 0 Å². The summed E-state index contributed by atoms with van der Waals surface area (Å²) in [5.74, 6) is -0.0515. The molecule has 104 valence electrons. The zero-order valence-electron chi connectivity index (χ0n) is 10.8. The number of anilines is 1. The molecule has 1 aliphatic carbocycles. The van der Waals surface area contributed by atoms with Crippen molar-refractivity contribution < 1.29 is 4.79 Å². The largest absolute Gasteiger partial charge is 0.368 e. The Bertz CT molecular complexity index is 427. The van der Waals surface area contributed by atoms with Gasteiger partial charge in [-0.3, -0.25) is 4.79 Å². The van der Waals surface area contributed by atoms with Gasteiger partial charge >= 0.3 is 0 Å². The van der Waals surface area contributed by atoms with Crippen LogP contribution in [0.4, 0.5) is 5.69 Å². The van der Waals surface area contributed by atoms with E-state index in [1.165, 1.54) is 0 Å². The zero-order chi connectivity index (χ0) is 12.4. The van der Waals surface area contributed by atoms with E-state index in [1.54, 1.807) is 6.20 Å². The Morgan fingerprint density at radius 1 is 1.32 bits per heavy atom. The predicted molar refractivity (Wildman–Crippen MR) is 77.1 cm³/mol. The molecule has 6 heteroatoms. The third-order valence-corrected chi connectivity index (χ3v) is 3.38. The Labute approximate surface area is 119 Å². The third kappa shape index (κ3) is 3.58. The number of rotatable bonds is 3. The molecule has 19 heavy (non-hydrogen) atoms. The molecule has 2 aliphatic rings. The summed E-state index contributed by atoms with van der Waals surface area (Å²) < 4.78 is 0. The predicted octanol–water partition coefficient (Wildman–Crippen LogP) is 0.805. The first-order chi connectivity index (χ1) is 8.83. The number of carbonyl (C=O) groups excluding carboxylic acids is 1. The highest BCUT2D eigenvalue weighted by molar-refractivity contribution is 5.92. The highest BCUT2D eigenvalue weighted by atomic mass is 35.5. The molecular weight excluding hydrogens is 264 g/mol. The second kappa shape index (κ2) is 6.21. The molecule has 1 aromatic rings. The smallest absolute Gasteiger partial charge is 0.270 e. The van der Waals surface area contributed by atoms with E-state index in [2.05, 4.69) is 20.5 Å². The number of pyridine rings is 1. The van der Waals surface area contributed by atoms with E-state index in [-0.39, 0.29) is 18.3 Å². The van der Waals surface area contributed by atoms with Gasteiger partial charge in [-0.25, -0.2) is 4.98 Å². The summed E-state index contributed by atoms with van der Waals surface area (Å²) in [6.07, 6.45) is 4.00. The van der Waals surface area contributed by atoms with Crippen LogP contribution in [0.1, 0.15) is 23.3 Å². The second-order valence-electron chi connectivity index (χ2n) is 4.89. The van der Waals surface area contributed by atoms with Gasteiger partial charge in [-0.1, -0.05) is 0 Å². The summed E-state index contributed by atoms with van der Waals surface area (Å²) in [4.78, 5) is 18.3. The molecule has 5 nitrogen and oxygen atoms in total. The number of piperazine rings is 1. The number of nitrogens with zero attached hydrogens (tertiary/aromatic N) is 2. The standard InChI is InChI=1S/C13H18N4O.ClH/c18-13(16-10-1-2-10)12-4-3-11(9-15-12)17-7-5-14-6-8-17;/h3-4,9-10,14H,1-2,5-8H2,(H,16,18);1H. The van der Waals surface area contributed by atoms with Gasteiger partial charge in [-0.05, 0) is 25.0 Å². The lowest BCUT2D eigenvalue weighted by Gasteiger charge is -2.29. The Kier molecular flexibility index (Phi) is 4.61. The van der Waals surface area contributed by atoms with Crippen LogP contribution in [0, 0.1) is 0 Å². The van der Waals surface area contributed by atoms with Crippen molar-refractivity contribution in [1.82, 2.24) is 15.6 Å². The van der Waals surface area contributed by atoms with E-state index in [9.17, 15) is 4.79 Å². The maximum absolute atomic E-state index is 11.8. The van der Waals surface area contributed by atoms with Crippen molar-refractivity contribution in [3.8, 4) is 0 Å². The van der Waals surface area contributed by atoms with Gasteiger partial charge in [-0.15, -0.1) is 12.4 Å². The first kappa shape index (κ1) is 14.1. The van der Waals surface area contributed by atoms with Gasteiger partial charge in [0.15, 0.2) is 0 Å². The number of halogens is 1. The second-order valence-corrected chi connectivity index (χ2v) is 4.89. The van der Waals surface area contributed by atoms with Gasteiger partial charge in [0.2, 0.25) is 0 Å². The van der Waals surface area contributed by atoms with E-state index >= 15 is 0 Å². The molecule has 0 aromatic carbocycles. The SMILES string of the molecule is Cl.O=C(NC1CC1)c1ccc(N2CCNCC2)cn1. The molecule has 2 fully saturated rings. The van der Waals surface area contributed by atoms with Gasteiger partial charge < -0.3 is 15.5 Å². The fraction of sp³-hybridized carbons (Fsp3) is 0.538. The average Bonchev–Trinajstić information content (AvgIpc) is 3.24. The lowest BCUT2D eigenvalue weighted by molar-refractivity contribution is 0.0946. The van der Waals surface area contributed by atoms with Crippen molar-refractivity contribution in [1.29, 1.82) is 0 Å². The molecule has 2 heterocycles. The Balaban J connectivity index is 0.00000133. The Morgan fingerprint density at radius 3 is 2.63 bits per heavy atom. The minimum Gasteiger partial charge on any atom is -0.368 e. The van der Waals surface area contributed by atoms with Crippen LogP contribution in [0.3, 0.4) is 0 Å². The third-order valence-electron chi connectivity index (χ3n) is 3.38. The molecule has 2 N–H and O–H groups in total. The topological polar surface area (TPSA) is 57.3 Å². The van der Waals surface area contributed by atoms with Crippen molar-refractivity contribution in [2.24, 2.45) is 0 Å². The lowest BCUT2D eigenvalue weighted by atomic mass is 10.2. The van der Waals surface area contributed by atoms with E-state index < -0.39 is 0 Å². The molecule has 3 rings (SSSR count). The van der Waals surface area contributed by atoms with Crippen LogP contribution in [0.5, 0.6) is 0 Å². The molecule has 0 unspecified atom stereocenters. The van der Waals surface area contributed by atoms with Crippen molar-refractivity contribution in [3.63, 3.8) is 0 Å². The Morgan fingerprint density at radius 2 is 2.05 bits per heavy atom. The number of nitrogens with one attached hydrogen (secondary N) is 2. The number of hydrogen-bond acceptors (Lipinski definition) is 4. The number of aromatic nitrogens is 1. The van der Waals surface area contributed by atoms with Crippen molar-refractivity contribution in [3.05, 3.63) is 24.0 Å². The highest BCUT2D eigenvalue weighted by Crippen LogP contribution is 2.19. The van der Waals surface area contributed by atoms with Crippen LogP contribution in [-0.2, 0) is 0 Å². The van der Waals surface area contributed by atoms with Gasteiger partial charge in [0.05, 0.1) is 11.9 Å². The fourth-order valence-corrected chi connectivity index (χ4v) is 2.12. The van der Waals surface area contributed by atoms with Gasteiger partial charge in [0, 0.05) is 32.2 Å². The molecule has 0 atom stereocenters. The van der Waals surface area contributed by atoms with Crippen LogP contribution < -0.4 is 15.5 Å². The number of hydrogen-bond donors (Lipinski definition) is 2. The molecule has 0 radical (unpaired) electrons. The summed E-state index contributed by atoms with van der Waals surface area (Å²) in [5.41, 5.74) is 1.61. The molecular formula is C13H19ClN4O. The van der Waals surface area contributed by atoms with Gasteiger partial charge in [-0.2, -0.15) is 0 Å². The molecule has 0 bridgehead atoms. The maximum atomic E-state index is 11.8. The van der Waals surface area contributed by atoms with Crippen molar-refractivity contribution in [2.45, 2.75) is 18.9 Å². The monoisotopic (exact) mass is 282 g/mol. The van der Waals surface area contributed by atoms with E-state index in [0.717, 1.165) is 44.7 Å². The van der Waals surface area contributed by atoms with Crippen LogP contribution >= 0.6 is 12.4 Å². The summed E-state index contributed by atoms with van der Waals surface area (Å²) in [5, 5.41) is 6.26. The minimum atomic E-state index is -0.0515. The average molecular weight is 283 g/mol. The molecule has 1 saturated carbocycles. The normalized spacial score (nSPS) is 18.6. The van der Waals surface area contributed by atoms with Crippen LogP contribution in [0.15, 0.2) is 18.3 Å². The van der Waals surface area contributed by atoms with Crippen molar-refractivity contribution >= 4 is 24.0 Å². The molecule has 0 spiro atoms. The molecule has 1 aliphatic heterocycles. The first-order valence-corrected chi connectivity index (χ1v) is 6.55. The molecule has 1 saturated heterocycles. The summed E-state index contributed by atoms with van der Waals surface area (Å²) in [6, 6.07) is 4.18. The summed E-state index contributed by atoms with van der Waals surface area (Å²) in [6.45, 7) is 4.00. The van der Waals surface area contributed by atoms with E-state index in [0.29, 0.717) is 11.7 Å². The minimum absolute atomic E-state index is 0. The van der Waals surface area contributed by atoms with Crippen molar-refractivity contribution in [2.75, 3.05) is 31.1 Å². The quantitative estimate of drug-likeness (QED) is 0.861. The maximum Gasteiger partial charge on any atom is 0.270 e. The molecule has 1 amide bonds. The van der Waals surface area contributed by atoms with E-state index in [1.807, 2.05) is 12.1 Å². The lowest BCUT2D eigenvalue weighted by Crippen LogP contribution is -2.43. The summed E-state index contributed by atoms with van der Waals surface area (Å²) >= 11 is 0.